The third kappa shape index (κ3) is 4.13. The topological polar surface area (TPSA) is 81.1 Å². The van der Waals surface area contributed by atoms with Crippen molar-refractivity contribution >= 4 is 15.7 Å². The lowest BCUT2D eigenvalue weighted by molar-refractivity contribution is 0.0929. The van der Waals surface area contributed by atoms with E-state index in [0.717, 1.165) is 5.69 Å². The fourth-order valence-electron chi connectivity index (χ4n) is 2.63. The fraction of sp³-hybridized carbons (Fsp3) is 0.750. The van der Waals surface area contributed by atoms with Gasteiger partial charge < -0.3 is 5.32 Å². The molecular weight excluding hydrogens is 314 g/mol. The van der Waals surface area contributed by atoms with Crippen LogP contribution in [0.2, 0.25) is 0 Å². The van der Waals surface area contributed by atoms with Gasteiger partial charge in [0.05, 0.1) is 28.8 Å². The van der Waals surface area contributed by atoms with Crippen LogP contribution in [0.1, 0.15) is 69.1 Å². The van der Waals surface area contributed by atoms with Crippen molar-refractivity contribution in [2.75, 3.05) is 11.5 Å². The van der Waals surface area contributed by atoms with Gasteiger partial charge in [0.15, 0.2) is 9.84 Å². The van der Waals surface area contributed by atoms with Gasteiger partial charge in [0, 0.05) is 12.2 Å². The third-order valence-electron chi connectivity index (χ3n) is 4.49. The molecule has 1 fully saturated rings. The molecule has 1 N–H and O–H groups in total. The van der Waals surface area contributed by atoms with Crippen LogP contribution in [-0.4, -0.2) is 41.7 Å². The Morgan fingerprint density at radius 2 is 1.96 bits per heavy atom. The van der Waals surface area contributed by atoms with Crippen molar-refractivity contribution in [3.63, 3.8) is 0 Å². The molecule has 2 heterocycles. The minimum absolute atomic E-state index is 0.0673. The molecule has 6 nitrogen and oxygen atoms in total. The highest BCUT2D eigenvalue weighted by atomic mass is 32.2. The first-order valence-electron chi connectivity index (χ1n) is 8.21. The largest absolute Gasteiger partial charge is 0.349 e. The fourth-order valence-corrected chi connectivity index (χ4v) is 4.33. The second-order valence-corrected chi connectivity index (χ2v) is 9.35. The number of carbonyl (C=O) groups excluding carboxylic acids is 1. The number of rotatable bonds is 5. The van der Waals surface area contributed by atoms with Crippen LogP contribution < -0.4 is 5.32 Å². The van der Waals surface area contributed by atoms with Gasteiger partial charge in [-0.1, -0.05) is 27.7 Å². The Kier molecular flexibility index (Phi) is 5.18. The molecule has 1 amide bonds. The molecule has 1 aliphatic heterocycles. The van der Waals surface area contributed by atoms with Gasteiger partial charge in [-0.25, -0.2) is 8.42 Å². The molecule has 0 aromatic carbocycles. The molecule has 1 aromatic heterocycles. The first-order valence-corrected chi connectivity index (χ1v) is 10.0. The molecule has 2 rings (SSSR count). The molecule has 7 heteroatoms. The van der Waals surface area contributed by atoms with Crippen molar-refractivity contribution < 1.29 is 13.2 Å². The van der Waals surface area contributed by atoms with Gasteiger partial charge in [0.2, 0.25) is 0 Å². The van der Waals surface area contributed by atoms with Crippen LogP contribution in [0.15, 0.2) is 6.20 Å². The van der Waals surface area contributed by atoms with Crippen LogP contribution in [0.5, 0.6) is 0 Å². The first kappa shape index (κ1) is 18.0. The Labute approximate surface area is 138 Å². The summed E-state index contributed by atoms with van der Waals surface area (Å²) < 4.78 is 25.0. The minimum atomic E-state index is -2.98. The Morgan fingerprint density at radius 1 is 1.30 bits per heavy atom. The molecule has 0 spiro atoms. The SMILES string of the molecule is CC(C)c1nn([C@@H]2CCS(=O)(=O)C2)cc1C(=O)N[C@H](C)C(C)C. The average Bonchev–Trinajstić information content (AvgIpc) is 3.01. The quantitative estimate of drug-likeness (QED) is 0.890. The second kappa shape index (κ2) is 6.63. The summed E-state index contributed by atoms with van der Waals surface area (Å²) in [6.07, 6.45) is 2.27. The van der Waals surface area contributed by atoms with Gasteiger partial charge in [-0.2, -0.15) is 5.10 Å². The minimum Gasteiger partial charge on any atom is -0.349 e. The summed E-state index contributed by atoms with van der Waals surface area (Å²) in [7, 11) is -2.98. The van der Waals surface area contributed by atoms with Crippen LogP contribution >= 0.6 is 0 Å². The summed E-state index contributed by atoms with van der Waals surface area (Å²) in [5.74, 6) is 0.610. The normalized spacial score (nSPS) is 21.8. The summed E-state index contributed by atoms with van der Waals surface area (Å²) >= 11 is 0. The number of hydrogen-bond acceptors (Lipinski definition) is 4. The number of hydrogen-bond donors (Lipinski definition) is 1. The predicted molar refractivity (Wildman–Crippen MR) is 90.4 cm³/mol. The number of sulfone groups is 1. The van der Waals surface area contributed by atoms with E-state index in [0.29, 0.717) is 17.9 Å². The van der Waals surface area contributed by atoms with Gasteiger partial charge in [-0.3, -0.25) is 9.48 Å². The van der Waals surface area contributed by atoms with Crippen LogP contribution in [0.4, 0.5) is 0 Å². The van der Waals surface area contributed by atoms with E-state index in [1.54, 1.807) is 10.9 Å². The first-order chi connectivity index (χ1) is 10.6. The smallest absolute Gasteiger partial charge is 0.254 e. The Morgan fingerprint density at radius 3 is 2.43 bits per heavy atom. The van der Waals surface area contributed by atoms with Crippen LogP contribution in [0.25, 0.3) is 0 Å². The maximum atomic E-state index is 12.6. The molecule has 0 unspecified atom stereocenters. The molecule has 23 heavy (non-hydrogen) atoms. The lowest BCUT2D eigenvalue weighted by Crippen LogP contribution is -2.36. The maximum Gasteiger partial charge on any atom is 0.254 e. The highest BCUT2D eigenvalue weighted by Gasteiger charge is 2.31. The lowest BCUT2D eigenvalue weighted by Gasteiger charge is -2.17. The molecule has 0 aliphatic carbocycles. The van der Waals surface area contributed by atoms with Crippen molar-refractivity contribution in [2.24, 2.45) is 5.92 Å². The number of nitrogens with one attached hydrogen (secondary N) is 1. The predicted octanol–water partition coefficient (Wildman–Crippen LogP) is 2.14. The van der Waals surface area contributed by atoms with Crippen molar-refractivity contribution in [2.45, 2.75) is 59.0 Å². The molecular formula is C16H27N3O3S. The third-order valence-corrected chi connectivity index (χ3v) is 6.24. The zero-order chi connectivity index (χ0) is 17.4. The van der Waals surface area contributed by atoms with Crippen molar-refractivity contribution in [3.05, 3.63) is 17.5 Å². The standard InChI is InChI=1S/C16H27N3O3S/c1-10(2)12(5)17-16(20)14-8-19(18-15(14)11(3)4)13-6-7-23(21,22)9-13/h8,10-13H,6-7,9H2,1-5H3,(H,17,20)/t12-,13-/m1/s1. The summed E-state index contributed by atoms with van der Waals surface area (Å²) in [6.45, 7) is 10.1. The van der Waals surface area contributed by atoms with E-state index in [4.69, 9.17) is 0 Å². The molecule has 1 saturated heterocycles. The maximum absolute atomic E-state index is 12.6. The molecule has 1 aromatic rings. The van der Waals surface area contributed by atoms with E-state index in [2.05, 4.69) is 24.3 Å². The van der Waals surface area contributed by atoms with E-state index < -0.39 is 9.84 Å². The summed E-state index contributed by atoms with van der Waals surface area (Å²) in [5, 5.41) is 7.52. The number of carbonyl (C=O) groups is 1. The van der Waals surface area contributed by atoms with Gasteiger partial charge >= 0.3 is 0 Å². The second-order valence-electron chi connectivity index (χ2n) is 7.13. The Hall–Kier alpha value is -1.37. The Bertz CT molecular complexity index is 677. The van der Waals surface area contributed by atoms with Gasteiger partial charge in [-0.15, -0.1) is 0 Å². The van der Waals surface area contributed by atoms with Crippen LogP contribution in [0, 0.1) is 5.92 Å². The number of aromatic nitrogens is 2. The average molecular weight is 341 g/mol. The lowest BCUT2D eigenvalue weighted by atomic mass is 10.0. The highest BCUT2D eigenvalue weighted by molar-refractivity contribution is 7.91. The van der Waals surface area contributed by atoms with Gasteiger partial charge in [0.25, 0.3) is 5.91 Å². The number of amides is 1. The summed E-state index contributed by atoms with van der Waals surface area (Å²) in [5.41, 5.74) is 1.28. The molecule has 2 atom stereocenters. The van der Waals surface area contributed by atoms with Gasteiger partial charge in [0.1, 0.15) is 0 Å². The highest BCUT2D eigenvalue weighted by Crippen LogP contribution is 2.26. The van der Waals surface area contributed by atoms with Crippen LogP contribution in [0.3, 0.4) is 0 Å². The number of nitrogens with zero attached hydrogens (tertiary/aromatic N) is 2. The zero-order valence-corrected chi connectivity index (χ0v) is 15.4. The Balaban J connectivity index is 2.27. The monoisotopic (exact) mass is 341 g/mol. The van der Waals surface area contributed by atoms with E-state index in [1.165, 1.54) is 0 Å². The van der Waals surface area contributed by atoms with E-state index in [-0.39, 0.29) is 35.4 Å². The molecule has 0 bridgehead atoms. The molecule has 0 radical (unpaired) electrons. The van der Waals surface area contributed by atoms with Crippen molar-refractivity contribution in [1.29, 1.82) is 0 Å². The van der Waals surface area contributed by atoms with E-state index in [9.17, 15) is 13.2 Å². The van der Waals surface area contributed by atoms with E-state index in [1.807, 2.05) is 20.8 Å². The molecule has 130 valence electrons. The van der Waals surface area contributed by atoms with Gasteiger partial charge in [-0.05, 0) is 25.2 Å². The molecule has 0 saturated carbocycles. The summed E-state index contributed by atoms with van der Waals surface area (Å²) in [6, 6.07) is -0.0979. The van der Waals surface area contributed by atoms with E-state index >= 15 is 0 Å². The molecule has 1 aliphatic rings. The van der Waals surface area contributed by atoms with Crippen molar-refractivity contribution in [3.8, 4) is 0 Å². The zero-order valence-electron chi connectivity index (χ0n) is 14.5. The van der Waals surface area contributed by atoms with Crippen LogP contribution in [-0.2, 0) is 9.84 Å². The summed E-state index contributed by atoms with van der Waals surface area (Å²) in [4.78, 5) is 12.6. The van der Waals surface area contributed by atoms with Crippen molar-refractivity contribution in [1.82, 2.24) is 15.1 Å².